The zero-order valence-corrected chi connectivity index (χ0v) is 21.7. The summed E-state index contributed by atoms with van der Waals surface area (Å²) in [6.45, 7) is 0. The van der Waals surface area contributed by atoms with Gasteiger partial charge in [-0.05, 0) is 54.1 Å². The lowest BCUT2D eigenvalue weighted by atomic mass is 10.1. The second kappa shape index (κ2) is 9.27. The molecular formula is C19H11Cl2N3O4S5. The molecule has 0 aliphatic carbocycles. The van der Waals surface area contributed by atoms with Crippen LogP contribution in [0.15, 0.2) is 63.0 Å². The molecule has 0 saturated carbocycles. The van der Waals surface area contributed by atoms with E-state index in [2.05, 4.69) is 15.5 Å². The zero-order chi connectivity index (χ0) is 23.8. The van der Waals surface area contributed by atoms with Crippen molar-refractivity contribution < 1.29 is 16.8 Å². The Morgan fingerprint density at radius 3 is 1.79 bits per heavy atom. The van der Waals surface area contributed by atoms with Crippen LogP contribution in [-0.4, -0.2) is 16.8 Å². The minimum absolute atomic E-state index is 0.00941. The molecule has 4 aromatic rings. The predicted molar refractivity (Wildman–Crippen MR) is 135 cm³/mol. The monoisotopic (exact) mass is 575 g/mol. The van der Waals surface area contributed by atoms with Crippen LogP contribution < -0.4 is 9.44 Å². The lowest BCUT2D eigenvalue weighted by Crippen LogP contribution is -2.16. The van der Waals surface area contributed by atoms with Crippen molar-refractivity contribution in [3.05, 3.63) is 68.1 Å². The highest BCUT2D eigenvalue weighted by molar-refractivity contribution is 7.95. The average Bonchev–Trinajstić information content (AvgIpc) is 3.50. The van der Waals surface area contributed by atoms with Crippen LogP contribution in [0.25, 0.3) is 10.4 Å². The number of nitriles is 1. The summed E-state index contributed by atoms with van der Waals surface area (Å²) in [7, 11) is -8.07. The second-order valence-electron chi connectivity index (χ2n) is 6.36. The van der Waals surface area contributed by atoms with Gasteiger partial charge in [0.25, 0.3) is 20.0 Å². The summed E-state index contributed by atoms with van der Waals surface area (Å²) in [5.41, 5.74) is 0.632. The van der Waals surface area contributed by atoms with Gasteiger partial charge in [-0.15, -0.1) is 34.0 Å². The Balaban J connectivity index is 1.77. The van der Waals surface area contributed by atoms with Crippen molar-refractivity contribution in [3.63, 3.8) is 0 Å². The summed E-state index contributed by atoms with van der Waals surface area (Å²) >= 11 is 14.7. The maximum atomic E-state index is 12.9. The lowest BCUT2D eigenvalue weighted by molar-refractivity contribution is 0.601. The molecule has 170 valence electrons. The third-order valence-electron chi connectivity index (χ3n) is 4.14. The minimum atomic E-state index is -4.05. The first-order chi connectivity index (χ1) is 15.6. The Bertz CT molecular complexity index is 1600. The van der Waals surface area contributed by atoms with E-state index in [1.807, 2.05) is 0 Å². The molecule has 0 unspecified atom stereocenters. The Kier molecular flexibility index (Phi) is 6.75. The first-order valence-electron chi connectivity index (χ1n) is 8.78. The van der Waals surface area contributed by atoms with Crippen molar-refractivity contribution >= 4 is 88.6 Å². The van der Waals surface area contributed by atoms with Crippen LogP contribution in [-0.2, 0) is 20.0 Å². The molecule has 33 heavy (non-hydrogen) atoms. The number of hydrogen-bond acceptors (Lipinski definition) is 8. The first kappa shape index (κ1) is 24.0. The molecule has 0 saturated heterocycles. The van der Waals surface area contributed by atoms with Gasteiger partial charge in [0.05, 0.1) is 20.0 Å². The second-order valence-corrected chi connectivity index (χ2v) is 14.7. The van der Waals surface area contributed by atoms with Gasteiger partial charge in [0.15, 0.2) is 0 Å². The van der Waals surface area contributed by atoms with Crippen LogP contribution in [0.1, 0.15) is 4.88 Å². The van der Waals surface area contributed by atoms with Gasteiger partial charge in [-0.3, -0.25) is 9.44 Å². The third kappa shape index (κ3) is 5.36. The van der Waals surface area contributed by atoms with Crippen molar-refractivity contribution in [2.45, 2.75) is 8.42 Å². The normalized spacial score (nSPS) is 11.8. The highest BCUT2D eigenvalue weighted by Crippen LogP contribution is 2.37. The van der Waals surface area contributed by atoms with Crippen LogP contribution in [0.5, 0.6) is 0 Å². The topological polar surface area (TPSA) is 116 Å². The van der Waals surface area contributed by atoms with E-state index in [0.29, 0.717) is 24.0 Å². The van der Waals surface area contributed by atoms with Gasteiger partial charge in [-0.25, -0.2) is 16.8 Å². The number of hydrogen-bond donors (Lipinski definition) is 2. The first-order valence-corrected chi connectivity index (χ1v) is 15.0. The van der Waals surface area contributed by atoms with Crippen LogP contribution in [0, 0.1) is 11.3 Å². The molecule has 0 spiro atoms. The summed E-state index contributed by atoms with van der Waals surface area (Å²) in [5, 5.41) is 9.09. The van der Waals surface area contributed by atoms with Crippen LogP contribution >= 0.6 is 57.2 Å². The van der Waals surface area contributed by atoms with Gasteiger partial charge in [-0.2, -0.15) is 5.26 Å². The summed E-state index contributed by atoms with van der Waals surface area (Å²) in [4.78, 5) is 1.20. The van der Waals surface area contributed by atoms with Crippen molar-refractivity contribution in [2.75, 3.05) is 9.44 Å². The molecule has 7 nitrogen and oxygen atoms in total. The van der Waals surface area contributed by atoms with Gasteiger partial charge in [0, 0.05) is 4.88 Å². The SMILES string of the molecule is N#Cc1ccc(-c2ccc(NS(=O)(=O)c3ccc(Cl)s3)c(NS(=O)(=O)c3ccc(Cl)s3)c2)s1. The van der Waals surface area contributed by atoms with E-state index in [-0.39, 0.29) is 19.8 Å². The molecule has 3 aromatic heterocycles. The number of benzene rings is 1. The van der Waals surface area contributed by atoms with E-state index in [4.69, 9.17) is 28.5 Å². The Morgan fingerprint density at radius 1 is 0.727 bits per heavy atom. The molecule has 0 aliphatic heterocycles. The number of thiophene rings is 3. The maximum absolute atomic E-state index is 12.9. The van der Waals surface area contributed by atoms with Crippen LogP contribution in [0.2, 0.25) is 8.67 Å². The Hall–Kier alpha value is -2.11. The molecular weight excluding hydrogens is 565 g/mol. The van der Waals surface area contributed by atoms with Crippen molar-refractivity contribution in [3.8, 4) is 16.5 Å². The molecule has 2 N–H and O–H groups in total. The fourth-order valence-electron chi connectivity index (χ4n) is 2.70. The Labute approximate surface area is 212 Å². The molecule has 0 radical (unpaired) electrons. The minimum Gasteiger partial charge on any atom is -0.277 e. The van der Waals surface area contributed by atoms with E-state index in [1.54, 1.807) is 18.2 Å². The smallest absolute Gasteiger partial charge is 0.271 e. The third-order valence-corrected chi connectivity index (χ3v) is 11.4. The molecule has 0 atom stereocenters. The molecule has 4 rings (SSSR count). The van der Waals surface area contributed by atoms with Gasteiger partial charge < -0.3 is 0 Å². The van der Waals surface area contributed by atoms with Crippen LogP contribution in [0.4, 0.5) is 11.4 Å². The molecule has 3 heterocycles. The molecule has 0 bridgehead atoms. The molecule has 1 aromatic carbocycles. The molecule has 0 amide bonds. The largest absolute Gasteiger partial charge is 0.277 e. The van der Waals surface area contributed by atoms with Gasteiger partial charge >= 0.3 is 0 Å². The molecule has 0 fully saturated rings. The van der Waals surface area contributed by atoms with E-state index in [0.717, 1.165) is 22.7 Å². The summed E-state index contributed by atoms with van der Waals surface area (Å²) in [6, 6.07) is 15.6. The van der Waals surface area contributed by atoms with Gasteiger partial charge in [-0.1, -0.05) is 29.3 Å². The van der Waals surface area contributed by atoms with Crippen molar-refractivity contribution in [1.82, 2.24) is 0 Å². The number of halogens is 2. The number of nitrogens with zero attached hydrogens (tertiary/aromatic N) is 1. The van der Waals surface area contributed by atoms with Gasteiger partial charge in [0.2, 0.25) is 0 Å². The summed E-state index contributed by atoms with van der Waals surface area (Å²) < 4.78 is 56.9. The van der Waals surface area contributed by atoms with Crippen molar-refractivity contribution in [2.24, 2.45) is 0 Å². The fourth-order valence-corrected chi connectivity index (χ4v) is 8.61. The lowest BCUT2D eigenvalue weighted by Gasteiger charge is -2.15. The highest BCUT2D eigenvalue weighted by atomic mass is 35.5. The summed E-state index contributed by atoms with van der Waals surface area (Å²) in [5.74, 6) is 0. The van der Waals surface area contributed by atoms with Crippen LogP contribution in [0.3, 0.4) is 0 Å². The Morgan fingerprint density at radius 2 is 1.30 bits per heavy atom. The van der Waals surface area contributed by atoms with Gasteiger partial charge in [0.1, 0.15) is 19.4 Å². The maximum Gasteiger partial charge on any atom is 0.271 e. The van der Waals surface area contributed by atoms with E-state index in [1.165, 1.54) is 47.7 Å². The standard InChI is InChI=1S/C19H11Cl2N3O4S5/c20-16-5-7-18(30-16)32(25,26)23-13-3-1-11(15-4-2-12(10-22)29-15)9-14(13)24-33(27,28)19-8-6-17(21)31-19/h1-9,23-24H. The van der Waals surface area contributed by atoms with E-state index < -0.39 is 20.0 Å². The molecule has 0 aliphatic rings. The average molecular weight is 577 g/mol. The fraction of sp³-hybridized carbons (Fsp3) is 0. The van der Waals surface area contributed by atoms with E-state index in [9.17, 15) is 16.8 Å². The summed E-state index contributed by atoms with van der Waals surface area (Å²) in [6.07, 6.45) is 0. The molecule has 14 heteroatoms. The predicted octanol–water partition coefficient (Wildman–Crippen LogP) is 6.32. The van der Waals surface area contributed by atoms with Crippen molar-refractivity contribution in [1.29, 1.82) is 5.26 Å². The number of rotatable bonds is 7. The zero-order valence-electron chi connectivity index (χ0n) is 16.1. The number of anilines is 2. The van der Waals surface area contributed by atoms with E-state index >= 15 is 0 Å². The number of nitrogens with one attached hydrogen (secondary N) is 2. The highest BCUT2D eigenvalue weighted by Gasteiger charge is 2.23. The number of sulfonamides is 2. The quantitative estimate of drug-likeness (QED) is 0.267.